The van der Waals surface area contributed by atoms with Crippen LogP contribution in [-0.4, -0.2) is 15.1 Å². The van der Waals surface area contributed by atoms with Crippen molar-refractivity contribution >= 4 is 34.9 Å². The largest absolute Gasteiger partial charge is 0.360 e. The smallest absolute Gasteiger partial charge is 0.230 e. The van der Waals surface area contributed by atoms with E-state index in [9.17, 15) is 0 Å². The Hall–Kier alpha value is -2.60. The van der Waals surface area contributed by atoms with Gasteiger partial charge in [0.1, 0.15) is 11.6 Å². The number of nitrogens with one attached hydrogen (secondary N) is 2. The van der Waals surface area contributed by atoms with E-state index in [1.807, 2.05) is 45.0 Å². The average Bonchev–Trinajstić information content (AvgIpc) is 2.88. The molecule has 1 aromatic carbocycles. The summed E-state index contributed by atoms with van der Waals surface area (Å²) in [4.78, 5) is 8.80. The standard InChI is InChI=1S/C16H16ClN5O/c1-9-7-14(19-13-6-4-5-12(17)11(13)3)20-16(18-9)21-15-8-10(2)23-22-15/h4-8H,1-3H3,(H2,18,19,20,21,22). The van der Waals surface area contributed by atoms with Crippen LogP contribution >= 0.6 is 11.6 Å². The fourth-order valence-corrected chi connectivity index (χ4v) is 2.28. The second-order valence-corrected chi connectivity index (χ2v) is 5.61. The molecule has 0 saturated heterocycles. The SMILES string of the molecule is Cc1cc(Nc2cccc(Cl)c2C)nc(Nc2cc(C)on2)n1. The van der Waals surface area contributed by atoms with Gasteiger partial charge in [-0.15, -0.1) is 0 Å². The van der Waals surface area contributed by atoms with Gasteiger partial charge in [0.05, 0.1) is 0 Å². The molecule has 0 spiro atoms. The first-order valence-electron chi connectivity index (χ1n) is 7.09. The van der Waals surface area contributed by atoms with Crippen LogP contribution in [-0.2, 0) is 0 Å². The quantitative estimate of drug-likeness (QED) is 0.732. The zero-order valence-corrected chi connectivity index (χ0v) is 13.8. The van der Waals surface area contributed by atoms with Gasteiger partial charge in [-0.25, -0.2) is 4.98 Å². The van der Waals surface area contributed by atoms with Crippen molar-refractivity contribution in [3.8, 4) is 0 Å². The summed E-state index contributed by atoms with van der Waals surface area (Å²) in [5.41, 5.74) is 2.69. The van der Waals surface area contributed by atoms with Crippen molar-refractivity contribution in [3.63, 3.8) is 0 Å². The Morgan fingerprint density at radius 2 is 1.83 bits per heavy atom. The number of rotatable bonds is 4. The van der Waals surface area contributed by atoms with Gasteiger partial charge in [0, 0.05) is 28.5 Å². The van der Waals surface area contributed by atoms with Crippen molar-refractivity contribution in [2.24, 2.45) is 0 Å². The molecule has 3 rings (SSSR count). The van der Waals surface area contributed by atoms with E-state index in [4.69, 9.17) is 16.1 Å². The topological polar surface area (TPSA) is 75.9 Å². The summed E-state index contributed by atoms with van der Waals surface area (Å²) in [5, 5.41) is 10.9. The van der Waals surface area contributed by atoms with Gasteiger partial charge in [0.2, 0.25) is 5.95 Å². The van der Waals surface area contributed by atoms with E-state index < -0.39 is 0 Å². The van der Waals surface area contributed by atoms with Crippen LogP contribution in [0.1, 0.15) is 17.0 Å². The monoisotopic (exact) mass is 329 g/mol. The fraction of sp³-hybridized carbons (Fsp3) is 0.188. The summed E-state index contributed by atoms with van der Waals surface area (Å²) in [6, 6.07) is 9.34. The Kier molecular flexibility index (Phi) is 4.16. The Bertz CT molecular complexity index is 846. The van der Waals surface area contributed by atoms with Crippen LogP contribution in [0.5, 0.6) is 0 Å². The van der Waals surface area contributed by atoms with Gasteiger partial charge in [-0.1, -0.05) is 22.8 Å². The first-order chi connectivity index (χ1) is 11.0. The van der Waals surface area contributed by atoms with E-state index in [2.05, 4.69) is 25.8 Å². The number of aryl methyl sites for hydroxylation is 2. The first kappa shape index (κ1) is 15.3. The molecule has 2 heterocycles. The molecule has 0 bridgehead atoms. The van der Waals surface area contributed by atoms with Crippen LogP contribution in [0, 0.1) is 20.8 Å². The summed E-state index contributed by atoms with van der Waals surface area (Å²) in [6.45, 7) is 5.68. The molecule has 7 heteroatoms. The van der Waals surface area contributed by atoms with Crippen molar-refractivity contribution in [2.75, 3.05) is 10.6 Å². The van der Waals surface area contributed by atoms with Crippen LogP contribution in [0.4, 0.5) is 23.3 Å². The lowest BCUT2D eigenvalue weighted by Gasteiger charge is -2.11. The molecule has 0 unspecified atom stereocenters. The Morgan fingerprint density at radius 1 is 1.00 bits per heavy atom. The van der Waals surface area contributed by atoms with Gasteiger partial charge in [-0.2, -0.15) is 4.98 Å². The molecular formula is C16H16ClN5O. The maximum atomic E-state index is 6.15. The van der Waals surface area contributed by atoms with Crippen molar-refractivity contribution in [1.29, 1.82) is 0 Å². The second-order valence-electron chi connectivity index (χ2n) is 5.20. The van der Waals surface area contributed by atoms with E-state index >= 15 is 0 Å². The van der Waals surface area contributed by atoms with Crippen molar-refractivity contribution in [2.45, 2.75) is 20.8 Å². The second kappa shape index (κ2) is 6.26. The maximum absolute atomic E-state index is 6.15. The van der Waals surface area contributed by atoms with E-state index in [1.54, 1.807) is 6.07 Å². The third-order valence-electron chi connectivity index (χ3n) is 3.25. The number of halogens is 1. The first-order valence-corrected chi connectivity index (χ1v) is 7.47. The molecule has 6 nitrogen and oxygen atoms in total. The van der Waals surface area contributed by atoms with Crippen LogP contribution in [0.3, 0.4) is 0 Å². The summed E-state index contributed by atoms with van der Waals surface area (Å²) >= 11 is 6.15. The Balaban J connectivity index is 1.86. The lowest BCUT2D eigenvalue weighted by atomic mass is 10.2. The molecule has 118 valence electrons. The van der Waals surface area contributed by atoms with Gasteiger partial charge < -0.3 is 15.2 Å². The highest BCUT2D eigenvalue weighted by molar-refractivity contribution is 6.31. The average molecular weight is 330 g/mol. The Morgan fingerprint density at radius 3 is 2.57 bits per heavy atom. The molecule has 0 aliphatic rings. The molecule has 0 aliphatic heterocycles. The molecule has 0 atom stereocenters. The Labute approximate surface area is 138 Å². The number of nitrogens with zero attached hydrogens (tertiary/aromatic N) is 3. The number of hydrogen-bond acceptors (Lipinski definition) is 6. The van der Waals surface area contributed by atoms with Crippen LogP contribution in [0.2, 0.25) is 5.02 Å². The van der Waals surface area contributed by atoms with Gasteiger partial charge in [0.15, 0.2) is 5.82 Å². The zero-order chi connectivity index (χ0) is 16.4. The van der Waals surface area contributed by atoms with Crippen molar-refractivity contribution in [3.05, 3.63) is 52.4 Å². The number of hydrogen-bond donors (Lipinski definition) is 2. The van der Waals surface area contributed by atoms with Gasteiger partial charge in [-0.05, 0) is 38.5 Å². The van der Waals surface area contributed by atoms with Gasteiger partial charge >= 0.3 is 0 Å². The minimum absolute atomic E-state index is 0.445. The fourth-order valence-electron chi connectivity index (χ4n) is 2.11. The molecule has 3 aromatic rings. The predicted octanol–water partition coefficient (Wildman–Crippen LogP) is 4.53. The van der Waals surface area contributed by atoms with E-state index in [0.717, 1.165) is 16.9 Å². The summed E-state index contributed by atoms with van der Waals surface area (Å²) in [5.74, 6) is 2.40. The van der Waals surface area contributed by atoms with E-state index in [1.165, 1.54) is 0 Å². The van der Waals surface area contributed by atoms with Gasteiger partial charge in [-0.3, -0.25) is 0 Å². The summed E-state index contributed by atoms with van der Waals surface area (Å²) in [6.07, 6.45) is 0. The molecule has 0 fully saturated rings. The normalized spacial score (nSPS) is 10.6. The third-order valence-corrected chi connectivity index (χ3v) is 3.66. The van der Waals surface area contributed by atoms with Crippen molar-refractivity contribution in [1.82, 2.24) is 15.1 Å². The molecule has 23 heavy (non-hydrogen) atoms. The maximum Gasteiger partial charge on any atom is 0.230 e. The van der Waals surface area contributed by atoms with E-state index in [0.29, 0.717) is 28.4 Å². The number of anilines is 4. The van der Waals surface area contributed by atoms with Crippen LogP contribution in [0.25, 0.3) is 0 Å². The molecule has 2 N–H and O–H groups in total. The van der Waals surface area contributed by atoms with Gasteiger partial charge in [0.25, 0.3) is 0 Å². The molecule has 0 radical (unpaired) electrons. The number of aromatic nitrogens is 3. The highest BCUT2D eigenvalue weighted by Gasteiger charge is 2.08. The minimum atomic E-state index is 0.445. The minimum Gasteiger partial charge on any atom is -0.360 e. The number of benzene rings is 1. The summed E-state index contributed by atoms with van der Waals surface area (Å²) in [7, 11) is 0. The predicted molar refractivity (Wildman–Crippen MR) is 90.8 cm³/mol. The lowest BCUT2D eigenvalue weighted by Crippen LogP contribution is -2.03. The molecule has 0 aliphatic carbocycles. The lowest BCUT2D eigenvalue weighted by molar-refractivity contribution is 0.400. The molecule has 0 saturated carbocycles. The van der Waals surface area contributed by atoms with Crippen LogP contribution in [0.15, 0.2) is 34.9 Å². The molecular weight excluding hydrogens is 314 g/mol. The molecule has 0 amide bonds. The highest BCUT2D eigenvalue weighted by atomic mass is 35.5. The zero-order valence-electron chi connectivity index (χ0n) is 13.0. The van der Waals surface area contributed by atoms with Crippen molar-refractivity contribution < 1.29 is 4.52 Å². The van der Waals surface area contributed by atoms with Crippen LogP contribution < -0.4 is 10.6 Å². The molecule has 2 aromatic heterocycles. The third kappa shape index (κ3) is 3.60. The summed E-state index contributed by atoms with van der Waals surface area (Å²) < 4.78 is 5.02. The van der Waals surface area contributed by atoms with E-state index in [-0.39, 0.29) is 0 Å². The highest BCUT2D eigenvalue weighted by Crippen LogP contribution is 2.26.